The molecule has 0 unspecified atom stereocenters. The molecule has 128 valence electrons. The summed E-state index contributed by atoms with van der Waals surface area (Å²) in [6.45, 7) is 0.653. The molecule has 0 saturated carbocycles. The first-order chi connectivity index (χ1) is 11.4. The number of carbonyl (C=O) groups is 1. The molecule has 0 spiro atoms. The number of rotatable bonds is 7. The Balaban J connectivity index is 2.16. The summed E-state index contributed by atoms with van der Waals surface area (Å²) in [5, 5.41) is 0. The van der Waals surface area contributed by atoms with Crippen LogP contribution in [0.15, 0.2) is 48.5 Å². The molecule has 0 bridgehead atoms. The van der Waals surface area contributed by atoms with E-state index in [0.717, 1.165) is 12.1 Å². The van der Waals surface area contributed by atoms with E-state index < -0.39 is 11.7 Å². The van der Waals surface area contributed by atoms with Crippen molar-refractivity contribution in [1.82, 2.24) is 0 Å². The lowest BCUT2D eigenvalue weighted by Crippen LogP contribution is -2.11. The van der Waals surface area contributed by atoms with Crippen molar-refractivity contribution in [2.75, 3.05) is 20.3 Å². The molecular formula is C18H17F3O3. The lowest BCUT2D eigenvalue weighted by atomic mass is 10.0. The summed E-state index contributed by atoms with van der Waals surface area (Å²) in [7, 11) is 1.54. The first kappa shape index (κ1) is 18.0. The van der Waals surface area contributed by atoms with Crippen molar-refractivity contribution in [3.8, 4) is 5.75 Å². The number of para-hydroxylation sites is 1. The molecule has 24 heavy (non-hydrogen) atoms. The summed E-state index contributed by atoms with van der Waals surface area (Å²) >= 11 is 0. The Morgan fingerprint density at radius 2 is 1.79 bits per heavy atom. The minimum Gasteiger partial charge on any atom is -0.490 e. The average Bonchev–Trinajstić information content (AvgIpc) is 2.55. The molecule has 0 heterocycles. The van der Waals surface area contributed by atoms with Gasteiger partial charge < -0.3 is 9.47 Å². The van der Waals surface area contributed by atoms with Gasteiger partial charge in [-0.05, 0) is 23.8 Å². The third kappa shape index (κ3) is 4.83. The van der Waals surface area contributed by atoms with Gasteiger partial charge in [0.25, 0.3) is 0 Å². The summed E-state index contributed by atoms with van der Waals surface area (Å²) < 4.78 is 48.6. The van der Waals surface area contributed by atoms with Gasteiger partial charge in [0.2, 0.25) is 0 Å². The van der Waals surface area contributed by atoms with Gasteiger partial charge in [-0.25, -0.2) is 0 Å². The van der Waals surface area contributed by atoms with E-state index in [1.165, 1.54) is 19.2 Å². The topological polar surface area (TPSA) is 35.5 Å². The molecule has 0 aliphatic heterocycles. The largest absolute Gasteiger partial charge is 0.490 e. The highest BCUT2D eigenvalue weighted by molar-refractivity contribution is 5.99. The maximum Gasteiger partial charge on any atom is 0.416 e. The molecule has 0 aromatic heterocycles. The van der Waals surface area contributed by atoms with Crippen LogP contribution in [0.3, 0.4) is 0 Å². The molecule has 6 heteroatoms. The van der Waals surface area contributed by atoms with Crippen LogP contribution in [0.5, 0.6) is 5.75 Å². The lowest BCUT2D eigenvalue weighted by Gasteiger charge is -2.11. The van der Waals surface area contributed by atoms with E-state index in [1.54, 1.807) is 24.3 Å². The van der Waals surface area contributed by atoms with Crippen molar-refractivity contribution in [1.29, 1.82) is 0 Å². The average molecular weight is 338 g/mol. The van der Waals surface area contributed by atoms with E-state index in [0.29, 0.717) is 23.5 Å². The summed E-state index contributed by atoms with van der Waals surface area (Å²) in [4.78, 5) is 12.4. The number of ether oxygens (including phenoxy) is 2. The molecule has 0 amide bonds. The van der Waals surface area contributed by atoms with Gasteiger partial charge in [-0.2, -0.15) is 13.2 Å². The van der Waals surface area contributed by atoms with Gasteiger partial charge in [-0.1, -0.05) is 30.3 Å². The molecule has 2 aromatic rings. The first-order valence-electron chi connectivity index (χ1n) is 7.32. The highest BCUT2D eigenvalue weighted by atomic mass is 19.4. The van der Waals surface area contributed by atoms with Crippen LogP contribution in [0.2, 0.25) is 0 Å². The Bertz CT molecular complexity index is 696. The Kier molecular flexibility index (Phi) is 5.98. The van der Waals surface area contributed by atoms with Crippen molar-refractivity contribution < 1.29 is 27.4 Å². The minimum absolute atomic E-state index is 0.130. The second-order valence-corrected chi connectivity index (χ2v) is 5.14. The quantitative estimate of drug-likeness (QED) is 0.562. The summed E-state index contributed by atoms with van der Waals surface area (Å²) in [6.07, 6.45) is -4.56. The first-order valence-corrected chi connectivity index (χ1v) is 7.32. The van der Waals surface area contributed by atoms with E-state index in [-0.39, 0.29) is 18.8 Å². The van der Waals surface area contributed by atoms with Crippen molar-refractivity contribution in [2.45, 2.75) is 12.6 Å². The minimum atomic E-state index is -4.43. The van der Waals surface area contributed by atoms with E-state index in [2.05, 4.69) is 0 Å². The van der Waals surface area contributed by atoms with E-state index in [4.69, 9.17) is 9.47 Å². The predicted octanol–water partition coefficient (Wildman–Crippen LogP) is 4.16. The van der Waals surface area contributed by atoms with Crippen molar-refractivity contribution in [3.05, 3.63) is 65.2 Å². The molecule has 0 saturated heterocycles. The summed E-state index contributed by atoms with van der Waals surface area (Å²) in [5.74, 6) is 0.0915. The number of hydrogen-bond donors (Lipinski definition) is 0. The molecular weight excluding hydrogens is 321 g/mol. The van der Waals surface area contributed by atoms with E-state index >= 15 is 0 Å². The van der Waals surface area contributed by atoms with Crippen LogP contribution in [0, 0.1) is 0 Å². The number of methoxy groups -OCH3 is 1. The van der Waals surface area contributed by atoms with Gasteiger partial charge in [0.15, 0.2) is 5.78 Å². The fourth-order valence-corrected chi connectivity index (χ4v) is 2.20. The maximum absolute atomic E-state index is 12.7. The number of hydrogen-bond acceptors (Lipinski definition) is 3. The van der Waals surface area contributed by atoms with Crippen LogP contribution in [0.4, 0.5) is 13.2 Å². The van der Waals surface area contributed by atoms with Gasteiger partial charge in [0.1, 0.15) is 12.4 Å². The number of alkyl halides is 3. The van der Waals surface area contributed by atoms with E-state index in [1.807, 2.05) is 0 Å². The standard InChI is InChI=1S/C18H17F3O3/c1-23-9-10-24-17-8-3-2-7-15(17)16(22)12-13-5-4-6-14(11-13)18(19,20)21/h2-8,11H,9-10,12H2,1H3. The Morgan fingerprint density at radius 3 is 2.50 bits per heavy atom. The smallest absolute Gasteiger partial charge is 0.416 e. The Labute approximate surface area is 138 Å². The second kappa shape index (κ2) is 7.97. The van der Waals surface area contributed by atoms with Crippen LogP contribution < -0.4 is 4.74 Å². The monoisotopic (exact) mass is 338 g/mol. The summed E-state index contributed by atoms with van der Waals surface area (Å²) in [5.41, 5.74) is -0.120. The zero-order valence-corrected chi connectivity index (χ0v) is 13.1. The molecule has 2 rings (SSSR count). The SMILES string of the molecule is COCCOc1ccccc1C(=O)Cc1cccc(C(F)(F)F)c1. The maximum atomic E-state index is 12.7. The normalized spacial score (nSPS) is 11.3. The van der Waals surface area contributed by atoms with Crippen molar-refractivity contribution in [3.63, 3.8) is 0 Å². The number of Topliss-reactive ketones (excluding diaryl/α,β-unsaturated/α-hetero) is 1. The number of halogens is 3. The van der Waals surface area contributed by atoms with Gasteiger partial charge >= 0.3 is 6.18 Å². The summed E-state index contributed by atoms with van der Waals surface area (Å²) in [6, 6.07) is 11.4. The zero-order valence-electron chi connectivity index (χ0n) is 13.1. The third-order valence-electron chi connectivity index (χ3n) is 3.35. The molecule has 0 N–H and O–H groups in total. The van der Waals surface area contributed by atoms with Crippen LogP contribution in [-0.4, -0.2) is 26.1 Å². The molecule has 0 atom stereocenters. The second-order valence-electron chi connectivity index (χ2n) is 5.14. The van der Waals surface area contributed by atoms with Crippen LogP contribution in [0.25, 0.3) is 0 Å². The fourth-order valence-electron chi connectivity index (χ4n) is 2.20. The van der Waals surface area contributed by atoms with Crippen molar-refractivity contribution >= 4 is 5.78 Å². The van der Waals surface area contributed by atoms with Gasteiger partial charge in [-0.15, -0.1) is 0 Å². The molecule has 3 nitrogen and oxygen atoms in total. The lowest BCUT2D eigenvalue weighted by molar-refractivity contribution is -0.137. The highest BCUT2D eigenvalue weighted by Gasteiger charge is 2.30. The molecule has 0 aliphatic carbocycles. The number of benzene rings is 2. The van der Waals surface area contributed by atoms with Gasteiger partial charge in [0.05, 0.1) is 17.7 Å². The molecule has 2 aromatic carbocycles. The van der Waals surface area contributed by atoms with Gasteiger partial charge in [0, 0.05) is 13.5 Å². The predicted molar refractivity (Wildman–Crippen MR) is 83.3 cm³/mol. The van der Waals surface area contributed by atoms with Crippen molar-refractivity contribution in [2.24, 2.45) is 0 Å². The van der Waals surface area contributed by atoms with Gasteiger partial charge in [-0.3, -0.25) is 4.79 Å². The molecule has 0 radical (unpaired) electrons. The molecule has 0 aliphatic rings. The molecule has 0 fully saturated rings. The van der Waals surface area contributed by atoms with Crippen LogP contribution >= 0.6 is 0 Å². The fraction of sp³-hybridized carbons (Fsp3) is 0.278. The Hall–Kier alpha value is -2.34. The third-order valence-corrected chi connectivity index (χ3v) is 3.35. The Morgan fingerprint density at radius 1 is 1.04 bits per heavy atom. The highest BCUT2D eigenvalue weighted by Crippen LogP contribution is 2.30. The zero-order chi connectivity index (χ0) is 17.6. The van der Waals surface area contributed by atoms with Crippen LogP contribution in [-0.2, 0) is 17.3 Å². The number of ketones is 1. The number of carbonyl (C=O) groups excluding carboxylic acids is 1. The van der Waals surface area contributed by atoms with E-state index in [9.17, 15) is 18.0 Å². The van der Waals surface area contributed by atoms with Crippen LogP contribution in [0.1, 0.15) is 21.5 Å².